The summed E-state index contributed by atoms with van der Waals surface area (Å²) in [5.74, 6) is -0.815. The maximum Gasteiger partial charge on any atom is 0.416 e. The van der Waals surface area contributed by atoms with Crippen LogP contribution in [0.25, 0.3) is 0 Å². The Morgan fingerprint density at radius 2 is 1.80 bits per heavy atom. The van der Waals surface area contributed by atoms with Gasteiger partial charge in [-0.05, 0) is 36.4 Å². The van der Waals surface area contributed by atoms with E-state index in [1.807, 2.05) is 0 Å². The predicted octanol–water partition coefficient (Wildman–Crippen LogP) is 4.93. The average Bonchev–Trinajstić information content (AvgIpc) is 2.55. The molecule has 0 aromatic heterocycles. The summed E-state index contributed by atoms with van der Waals surface area (Å²) < 4.78 is 38.8. The first-order chi connectivity index (χ1) is 11.8. The molecular formula is C17H11BrF3N3O. The molecule has 0 aliphatic rings. The van der Waals surface area contributed by atoms with E-state index in [0.717, 1.165) is 16.6 Å². The minimum Gasteiger partial charge on any atom is -0.360 e. The number of carbonyl (C=O) groups excluding carboxylic acids is 1. The Hall–Kier alpha value is -2.79. The number of halogens is 4. The van der Waals surface area contributed by atoms with Crippen LogP contribution in [0, 0.1) is 11.3 Å². The Morgan fingerprint density at radius 3 is 2.44 bits per heavy atom. The van der Waals surface area contributed by atoms with Gasteiger partial charge in [-0.25, -0.2) is 0 Å². The fraction of sp³-hybridized carbons (Fsp3) is 0.0588. The number of amides is 1. The fourth-order valence-corrected chi connectivity index (χ4v) is 2.25. The molecule has 0 fully saturated rings. The number of anilines is 2. The predicted molar refractivity (Wildman–Crippen MR) is 91.5 cm³/mol. The molecule has 0 atom stereocenters. The smallest absolute Gasteiger partial charge is 0.360 e. The lowest BCUT2D eigenvalue weighted by atomic mass is 10.2. The first kappa shape index (κ1) is 18.5. The van der Waals surface area contributed by atoms with Crippen LogP contribution < -0.4 is 10.6 Å². The van der Waals surface area contributed by atoms with Crippen molar-refractivity contribution in [1.29, 1.82) is 5.26 Å². The first-order valence-electron chi connectivity index (χ1n) is 6.90. The molecule has 0 aliphatic carbocycles. The van der Waals surface area contributed by atoms with Crippen molar-refractivity contribution >= 4 is 33.2 Å². The molecule has 0 unspecified atom stereocenters. The lowest BCUT2D eigenvalue weighted by Crippen LogP contribution is -2.15. The monoisotopic (exact) mass is 409 g/mol. The Kier molecular flexibility index (Phi) is 5.83. The molecule has 0 radical (unpaired) electrons. The zero-order valence-electron chi connectivity index (χ0n) is 12.6. The molecule has 128 valence electrons. The second-order valence-corrected chi connectivity index (χ2v) is 5.77. The van der Waals surface area contributed by atoms with Gasteiger partial charge in [-0.1, -0.05) is 28.1 Å². The number of carbonyl (C=O) groups is 1. The molecule has 0 bridgehead atoms. The summed E-state index contributed by atoms with van der Waals surface area (Å²) in [6, 6.07) is 12.9. The lowest BCUT2D eigenvalue weighted by molar-refractivity contribution is -0.137. The number of nitriles is 1. The van der Waals surface area contributed by atoms with Crippen LogP contribution in [-0.2, 0) is 11.0 Å². The van der Waals surface area contributed by atoms with Crippen LogP contribution in [0.4, 0.5) is 24.5 Å². The number of alkyl halides is 3. The van der Waals surface area contributed by atoms with E-state index in [-0.39, 0.29) is 11.3 Å². The molecule has 4 nitrogen and oxygen atoms in total. The first-order valence-corrected chi connectivity index (χ1v) is 7.70. The van der Waals surface area contributed by atoms with Gasteiger partial charge in [0, 0.05) is 22.0 Å². The fourth-order valence-electron chi connectivity index (χ4n) is 1.85. The standard InChI is InChI=1S/C17H11BrF3N3O/c18-13-4-2-5-14(8-13)23-10-11(9-22)16(25)24-15-6-1-3-12(7-15)17(19,20)21/h1-8,10,23H,(H,24,25)/b11-10-. The van der Waals surface area contributed by atoms with E-state index in [9.17, 15) is 18.0 Å². The zero-order chi connectivity index (χ0) is 18.4. The minimum absolute atomic E-state index is 0.0524. The van der Waals surface area contributed by atoms with Crippen LogP contribution in [0.1, 0.15) is 5.56 Å². The van der Waals surface area contributed by atoms with Crippen molar-refractivity contribution in [1.82, 2.24) is 0 Å². The highest BCUT2D eigenvalue weighted by atomic mass is 79.9. The molecule has 8 heteroatoms. The third-order valence-corrected chi connectivity index (χ3v) is 3.51. The van der Waals surface area contributed by atoms with E-state index >= 15 is 0 Å². The summed E-state index contributed by atoms with van der Waals surface area (Å²) in [4.78, 5) is 12.1. The van der Waals surface area contributed by atoms with Gasteiger partial charge in [-0.3, -0.25) is 4.79 Å². The Morgan fingerprint density at radius 1 is 1.12 bits per heavy atom. The number of nitrogens with one attached hydrogen (secondary N) is 2. The Labute approximate surface area is 150 Å². The molecule has 0 saturated heterocycles. The van der Waals surface area contributed by atoms with Crippen LogP contribution in [0.15, 0.2) is 64.8 Å². The van der Waals surface area contributed by atoms with Crippen LogP contribution in [0.2, 0.25) is 0 Å². The number of hydrogen-bond acceptors (Lipinski definition) is 3. The van der Waals surface area contributed by atoms with Crippen molar-refractivity contribution in [3.8, 4) is 6.07 Å². The number of nitrogens with zero attached hydrogens (tertiary/aromatic N) is 1. The zero-order valence-corrected chi connectivity index (χ0v) is 14.1. The van der Waals surface area contributed by atoms with Crippen molar-refractivity contribution in [2.75, 3.05) is 10.6 Å². The maximum absolute atomic E-state index is 12.7. The second-order valence-electron chi connectivity index (χ2n) is 4.86. The molecule has 2 aromatic rings. The van der Waals surface area contributed by atoms with Gasteiger partial charge in [0.1, 0.15) is 11.6 Å². The molecule has 2 rings (SSSR count). The highest BCUT2D eigenvalue weighted by Crippen LogP contribution is 2.30. The SMILES string of the molecule is N#C/C(=C/Nc1cccc(Br)c1)C(=O)Nc1cccc(C(F)(F)F)c1. The van der Waals surface area contributed by atoms with Crippen molar-refractivity contribution in [3.05, 3.63) is 70.3 Å². The Balaban J connectivity index is 2.13. The lowest BCUT2D eigenvalue weighted by Gasteiger charge is -2.09. The largest absolute Gasteiger partial charge is 0.416 e. The third kappa shape index (κ3) is 5.36. The van der Waals surface area contributed by atoms with Crippen molar-refractivity contribution < 1.29 is 18.0 Å². The molecule has 2 N–H and O–H groups in total. The third-order valence-electron chi connectivity index (χ3n) is 3.02. The average molecular weight is 410 g/mol. The van der Waals surface area contributed by atoms with Gasteiger partial charge in [-0.15, -0.1) is 0 Å². The number of rotatable bonds is 4. The topological polar surface area (TPSA) is 64.9 Å². The van der Waals surface area contributed by atoms with E-state index in [2.05, 4.69) is 26.6 Å². The minimum atomic E-state index is -4.52. The Bertz CT molecular complexity index is 857. The van der Waals surface area contributed by atoms with E-state index in [0.29, 0.717) is 5.69 Å². The highest BCUT2D eigenvalue weighted by molar-refractivity contribution is 9.10. The normalized spacial score (nSPS) is 11.6. The molecule has 0 heterocycles. The highest BCUT2D eigenvalue weighted by Gasteiger charge is 2.30. The van der Waals surface area contributed by atoms with Crippen molar-refractivity contribution in [3.63, 3.8) is 0 Å². The summed E-state index contributed by atoms with van der Waals surface area (Å²) in [5.41, 5.74) is -0.588. The van der Waals surface area contributed by atoms with Crippen molar-refractivity contribution in [2.24, 2.45) is 0 Å². The van der Waals surface area contributed by atoms with E-state index < -0.39 is 17.6 Å². The molecule has 2 aromatic carbocycles. The van der Waals surface area contributed by atoms with Gasteiger partial charge in [0.25, 0.3) is 5.91 Å². The number of benzene rings is 2. The molecule has 0 aliphatic heterocycles. The summed E-state index contributed by atoms with van der Waals surface area (Å²) in [6.07, 6.45) is -3.33. The van der Waals surface area contributed by atoms with Gasteiger partial charge >= 0.3 is 6.18 Å². The van der Waals surface area contributed by atoms with Crippen molar-refractivity contribution in [2.45, 2.75) is 6.18 Å². The van der Waals surface area contributed by atoms with Crippen LogP contribution >= 0.6 is 15.9 Å². The second kappa shape index (κ2) is 7.85. The number of hydrogen-bond donors (Lipinski definition) is 2. The summed E-state index contributed by atoms with van der Waals surface area (Å²) >= 11 is 3.29. The molecular weight excluding hydrogens is 399 g/mol. The molecule has 1 amide bonds. The van der Waals surface area contributed by atoms with Crippen LogP contribution in [0.5, 0.6) is 0 Å². The molecule has 0 saturated carbocycles. The summed E-state index contributed by atoms with van der Waals surface area (Å²) in [6.45, 7) is 0. The van der Waals surface area contributed by atoms with E-state index in [1.54, 1.807) is 30.3 Å². The van der Waals surface area contributed by atoms with Gasteiger partial charge in [0.15, 0.2) is 0 Å². The quantitative estimate of drug-likeness (QED) is 0.555. The molecule has 25 heavy (non-hydrogen) atoms. The van der Waals surface area contributed by atoms with Crippen LogP contribution in [-0.4, -0.2) is 5.91 Å². The van der Waals surface area contributed by atoms with Gasteiger partial charge in [0.2, 0.25) is 0 Å². The van der Waals surface area contributed by atoms with Gasteiger partial charge < -0.3 is 10.6 Å². The summed E-state index contributed by atoms with van der Waals surface area (Å²) in [7, 11) is 0. The van der Waals surface area contributed by atoms with Gasteiger partial charge in [-0.2, -0.15) is 18.4 Å². The maximum atomic E-state index is 12.7. The molecule has 0 spiro atoms. The summed E-state index contributed by atoms with van der Waals surface area (Å²) in [5, 5.41) is 14.1. The van der Waals surface area contributed by atoms with Crippen LogP contribution in [0.3, 0.4) is 0 Å². The van der Waals surface area contributed by atoms with E-state index in [4.69, 9.17) is 5.26 Å². The van der Waals surface area contributed by atoms with Gasteiger partial charge in [0.05, 0.1) is 5.56 Å². The van der Waals surface area contributed by atoms with E-state index in [1.165, 1.54) is 18.3 Å².